The van der Waals surface area contributed by atoms with Crippen LogP contribution in [0.1, 0.15) is 57.4 Å². The van der Waals surface area contributed by atoms with Gasteiger partial charge in [-0.25, -0.2) is 9.89 Å². The molecule has 1 aliphatic rings. The van der Waals surface area contributed by atoms with Crippen molar-refractivity contribution in [1.82, 2.24) is 14.8 Å². The van der Waals surface area contributed by atoms with Gasteiger partial charge >= 0.3 is 5.69 Å². The second-order valence-corrected chi connectivity index (χ2v) is 5.08. The molecule has 5 heteroatoms. The van der Waals surface area contributed by atoms with Crippen LogP contribution in [-0.2, 0) is 0 Å². The van der Waals surface area contributed by atoms with Crippen molar-refractivity contribution in [3.63, 3.8) is 0 Å². The first-order valence-corrected chi connectivity index (χ1v) is 6.02. The topological polar surface area (TPSA) is 76.7 Å². The Hall–Kier alpha value is -1.10. The highest BCUT2D eigenvalue weighted by atomic mass is 16.1. The number of rotatable bonds is 4. The van der Waals surface area contributed by atoms with Crippen LogP contribution in [-0.4, -0.2) is 14.8 Å². The largest absolute Gasteiger partial charge is 0.343 e. The number of aromatic amines is 1. The summed E-state index contributed by atoms with van der Waals surface area (Å²) in [6.07, 6.45) is 4.19. The summed E-state index contributed by atoms with van der Waals surface area (Å²) in [5.41, 5.74) is 5.97. The maximum atomic E-state index is 11.7. The number of nitrogens with zero attached hydrogens (tertiary/aromatic N) is 2. The number of hydrogen-bond acceptors (Lipinski definition) is 3. The minimum absolute atomic E-state index is 0.112. The molecule has 1 aromatic rings. The maximum Gasteiger partial charge on any atom is 0.343 e. The Bertz CT molecular complexity index is 402. The van der Waals surface area contributed by atoms with Crippen molar-refractivity contribution in [3.8, 4) is 0 Å². The van der Waals surface area contributed by atoms with Gasteiger partial charge in [-0.3, -0.25) is 4.57 Å². The van der Waals surface area contributed by atoms with Crippen molar-refractivity contribution in [3.05, 3.63) is 16.3 Å². The molecule has 1 atom stereocenters. The lowest BCUT2D eigenvalue weighted by Crippen LogP contribution is -2.31. The molecular weight excluding hydrogens is 204 g/mol. The fraction of sp³-hybridized carbons (Fsp3) is 0.818. The Labute approximate surface area is 95.0 Å². The van der Waals surface area contributed by atoms with Crippen molar-refractivity contribution >= 4 is 0 Å². The van der Waals surface area contributed by atoms with Crippen molar-refractivity contribution in [2.45, 2.75) is 51.6 Å². The van der Waals surface area contributed by atoms with Gasteiger partial charge in [0.25, 0.3) is 0 Å². The molecule has 16 heavy (non-hydrogen) atoms. The second kappa shape index (κ2) is 4.41. The predicted octanol–water partition coefficient (Wildman–Crippen LogP) is 1.34. The van der Waals surface area contributed by atoms with Gasteiger partial charge in [-0.05, 0) is 31.6 Å². The third kappa shape index (κ3) is 2.04. The molecule has 1 aliphatic carbocycles. The van der Waals surface area contributed by atoms with Crippen LogP contribution in [0.15, 0.2) is 4.79 Å². The molecule has 1 aromatic heterocycles. The summed E-state index contributed by atoms with van der Waals surface area (Å²) in [7, 11) is 0. The summed E-state index contributed by atoms with van der Waals surface area (Å²) in [6.45, 7) is 4.25. The molecule has 1 fully saturated rings. The number of nitrogens with two attached hydrogens (primary N) is 1. The zero-order valence-electron chi connectivity index (χ0n) is 9.94. The molecule has 1 saturated carbocycles. The van der Waals surface area contributed by atoms with Gasteiger partial charge in [0.1, 0.15) is 0 Å². The third-order valence-electron chi connectivity index (χ3n) is 3.23. The molecule has 0 amide bonds. The fourth-order valence-electron chi connectivity index (χ4n) is 2.19. The van der Waals surface area contributed by atoms with Crippen LogP contribution in [0.3, 0.4) is 0 Å². The van der Waals surface area contributed by atoms with Crippen molar-refractivity contribution in [2.24, 2.45) is 11.7 Å². The van der Waals surface area contributed by atoms with Crippen LogP contribution >= 0.6 is 0 Å². The van der Waals surface area contributed by atoms with Crippen LogP contribution in [0.2, 0.25) is 0 Å². The standard InChI is InChI=1S/C11H20N4O/c1-7(2)6-9(12)10-13-14-11(16)15(10)8-4-3-5-8/h7-9H,3-6,12H2,1-2H3,(H,14,16)/t9-/m0/s1. The Balaban J connectivity index is 2.23. The first-order valence-electron chi connectivity index (χ1n) is 6.02. The third-order valence-corrected chi connectivity index (χ3v) is 3.23. The van der Waals surface area contributed by atoms with Crippen molar-refractivity contribution in [2.75, 3.05) is 0 Å². The monoisotopic (exact) mass is 224 g/mol. The lowest BCUT2D eigenvalue weighted by atomic mass is 9.92. The molecule has 0 aromatic carbocycles. The van der Waals surface area contributed by atoms with E-state index in [2.05, 4.69) is 24.0 Å². The van der Waals surface area contributed by atoms with Gasteiger partial charge in [0, 0.05) is 6.04 Å². The SMILES string of the molecule is CC(C)C[C@H](N)c1n[nH]c(=O)n1C1CCC1. The van der Waals surface area contributed by atoms with E-state index >= 15 is 0 Å². The molecule has 0 saturated heterocycles. The van der Waals surface area contributed by atoms with Crippen LogP contribution in [0, 0.1) is 5.92 Å². The van der Waals surface area contributed by atoms with E-state index < -0.39 is 0 Å². The van der Waals surface area contributed by atoms with E-state index in [1.807, 2.05) is 0 Å². The molecule has 1 heterocycles. The second-order valence-electron chi connectivity index (χ2n) is 5.08. The predicted molar refractivity (Wildman–Crippen MR) is 62.1 cm³/mol. The van der Waals surface area contributed by atoms with Crippen molar-refractivity contribution in [1.29, 1.82) is 0 Å². The summed E-state index contributed by atoms with van der Waals surface area (Å²) >= 11 is 0. The van der Waals surface area contributed by atoms with Crippen LogP contribution in [0.5, 0.6) is 0 Å². The number of hydrogen-bond donors (Lipinski definition) is 2. The zero-order valence-corrected chi connectivity index (χ0v) is 9.94. The van der Waals surface area contributed by atoms with Crippen LogP contribution < -0.4 is 11.4 Å². The molecule has 90 valence electrons. The van der Waals surface area contributed by atoms with E-state index in [4.69, 9.17) is 5.73 Å². The van der Waals surface area contributed by atoms with E-state index in [1.54, 1.807) is 4.57 Å². The average Bonchev–Trinajstić information content (AvgIpc) is 2.45. The maximum absolute atomic E-state index is 11.7. The Morgan fingerprint density at radius 3 is 2.75 bits per heavy atom. The van der Waals surface area contributed by atoms with Gasteiger partial charge in [0.2, 0.25) is 0 Å². The van der Waals surface area contributed by atoms with E-state index in [-0.39, 0.29) is 11.7 Å². The molecular formula is C11H20N4O. The first-order chi connectivity index (χ1) is 7.59. The van der Waals surface area contributed by atoms with Crippen molar-refractivity contribution < 1.29 is 0 Å². The molecule has 2 rings (SSSR count). The molecule has 5 nitrogen and oxygen atoms in total. The number of aromatic nitrogens is 3. The quantitative estimate of drug-likeness (QED) is 0.810. The molecule has 0 bridgehead atoms. The minimum atomic E-state index is -0.139. The summed E-state index contributed by atoms with van der Waals surface area (Å²) < 4.78 is 1.76. The van der Waals surface area contributed by atoms with Crippen LogP contribution in [0.25, 0.3) is 0 Å². The van der Waals surface area contributed by atoms with E-state index in [0.717, 1.165) is 25.1 Å². The van der Waals surface area contributed by atoms with Gasteiger partial charge in [0.15, 0.2) is 5.82 Å². The minimum Gasteiger partial charge on any atom is -0.321 e. The smallest absolute Gasteiger partial charge is 0.321 e. The Kier molecular flexibility index (Phi) is 3.14. The van der Waals surface area contributed by atoms with Gasteiger partial charge in [0.05, 0.1) is 6.04 Å². The summed E-state index contributed by atoms with van der Waals surface area (Å²) in [5, 5.41) is 6.59. The highest BCUT2D eigenvalue weighted by molar-refractivity contribution is 4.98. The summed E-state index contributed by atoms with van der Waals surface area (Å²) in [5.74, 6) is 1.24. The highest BCUT2D eigenvalue weighted by Crippen LogP contribution is 2.32. The molecule has 0 radical (unpaired) electrons. The van der Waals surface area contributed by atoms with Gasteiger partial charge in [-0.15, -0.1) is 0 Å². The molecule has 3 N–H and O–H groups in total. The first kappa shape index (κ1) is 11.4. The molecule has 0 unspecified atom stereocenters. The molecule has 0 spiro atoms. The Morgan fingerprint density at radius 1 is 1.56 bits per heavy atom. The van der Waals surface area contributed by atoms with E-state index in [1.165, 1.54) is 6.42 Å². The lowest BCUT2D eigenvalue weighted by molar-refractivity contribution is 0.292. The van der Waals surface area contributed by atoms with E-state index in [9.17, 15) is 4.79 Å². The normalized spacial score (nSPS) is 18.8. The highest BCUT2D eigenvalue weighted by Gasteiger charge is 2.26. The lowest BCUT2D eigenvalue weighted by Gasteiger charge is -2.28. The molecule has 0 aliphatic heterocycles. The van der Waals surface area contributed by atoms with Crippen LogP contribution in [0.4, 0.5) is 0 Å². The van der Waals surface area contributed by atoms with Gasteiger partial charge in [-0.1, -0.05) is 13.8 Å². The van der Waals surface area contributed by atoms with Gasteiger partial charge < -0.3 is 5.73 Å². The summed E-state index contributed by atoms with van der Waals surface area (Å²) in [6, 6.07) is 0.180. The summed E-state index contributed by atoms with van der Waals surface area (Å²) in [4.78, 5) is 11.7. The van der Waals surface area contributed by atoms with E-state index in [0.29, 0.717) is 12.0 Å². The number of H-pyrrole nitrogens is 1. The zero-order chi connectivity index (χ0) is 11.7. The van der Waals surface area contributed by atoms with Gasteiger partial charge in [-0.2, -0.15) is 5.10 Å². The fourth-order valence-corrected chi connectivity index (χ4v) is 2.19. The number of nitrogens with one attached hydrogen (secondary N) is 1. The average molecular weight is 224 g/mol. The Morgan fingerprint density at radius 2 is 2.25 bits per heavy atom.